The standard InChI is InChI=1S/C13H12N4O/c1-7-4-11(17-13(14)15-7)8-2-3-10-9(5-8)6-12(18)16-10/h2-5H,6H2,1H3,(H,16,18)(H2,14,15,17). The van der Waals surface area contributed by atoms with Crippen LogP contribution in [0.15, 0.2) is 24.3 Å². The fraction of sp³-hybridized carbons (Fsp3) is 0.154. The van der Waals surface area contributed by atoms with Gasteiger partial charge in [0.05, 0.1) is 12.1 Å². The highest BCUT2D eigenvalue weighted by Gasteiger charge is 2.18. The van der Waals surface area contributed by atoms with Gasteiger partial charge in [-0.2, -0.15) is 0 Å². The normalized spacial score (nSPS) is 13.3. The summed E-state index contributed by atoms with van der Waals surface area (Å²) < 4.78 is 0. The molecule has 3 rings (SSSR count). The Morgan fingerprint density at radius 2 is 2.11 bits per heavy atom. The Balaban J connectivity index is 2.08. The Kier molecular flexibility index (Phi) is 2.26. The van der Waals surface area contributed by atoms with Gasteiger partial charge in [0.25, 0.3) is 0 Å². The van der Waals surface area contributed by atoms with E-state index >= 15 is 0 Å². The van der Waals surface area contributed by atoms with Gasteiger partial charge in [-0.3, -0.25) is 4.79 Å². The van der Waals surface area contributed by atoms with Gasteiger partial charge >= 0.3 is 0 Å². The highest BCUT2D eigenvalue weighted by molar-refractivity contribution is 5.99. The molecule has 18 heavy (non-hydrogen) atoms. The number of benzene rings is 1. The van der Waals surface area contributed by atoms with E-state index in [-0.39, 0.29) is 11.9 Å². The molecule has 1 aromatic heterocycles. The number of anilines is 2. The zero-order valence-corrected chi connectivity index (χ0v) is 9.90. The van der Waals surface area contributed by atoms with Gasteiger partial charge in [-0.15, -0.1) is 0 Å². The summed E-state index contributed by atoms with van der Waals surface area (Å²) in [5, 5.41) is 2.80. The number of nitrogen functional groups attached to an aromatic ring is 1. The van der Waals surface area contributed by atoms with Crippen molar-refractivity contribution in [1.82, 2.24) is 9.97 Å². The molecule has 1 aliphatic rings. The van der Waals surface area contributed by atoms with Crippen LogP contribution in [0.25, 0.3) is 11.3 Å². The lowest BCUT2D eigenvalue weighted by Gasteiger charge is -2.05. The molecule has 3 N–H and O–H groups in total. The minimum absolute atomic E-state index is 0.0283. The number of hydrogen-bond donors (Lipinski definition) is 2. The third-order valence-corrected chi connectivity index (χ3v) is 2.90. The molecule has 0 spiro atoms. The van der Waals surface area contributed by atoms with Crippen LogP contribution in [0.2, 0.25) is 0 Å². The number of aryl methyl sites for hydroxylation is 1. The van der Waals surface area contributed by atoms with Gasteiger partial charge in [-0.05, 0) is 30.7 Å². The van der Waals surface area contributed by atoms with Crippen molar-refractivity contribution in [1.29, 1.82) is 0 Å². The predicted molar refractivity (Wildman–Crippen MR) is 69.0 cm³/mol. The van der Waals surface area contributed by atoms with E-state index in [1.165, 1.54) is 0 Å². The first-order valence-electron chi connectivity index (χ1n) is 5.66. The molecule has 90 valence electrons. The largest absolute Gasteiger partial charge is 0.368 e. The van der Waals surface area contributed by atoms with Gasteiger partial charge in [-0.1, -0.05) is 6.07 Å². The first kappa shape index (κ1) is 10.7. The van der Waals surface area contributed by atoms with Crippen LogP contribution in [0, 0.1) is 6.92 Å². The Hall–Kier alpha value is -2.43. The maximum atomic E-state index is 11.3. The second-order valence-electron chi connectivity index (χ2n) is 4.35. The molecule has 2 heterocycles. The number of nitrogens with zero attached hydrogens (tertiary/aromatic N) is 2. The molecule has 0 saturated carbocycles. The summed E-state index contributed by atoms with van der Waals surface area (Å²) in [4.78, 5) is 19.6. The van der Waals surface area contributed by atoms with E-state index in [1.54, 1.807) is 0 Å². The lowest BCUT2D eigenvalue weighted by molar-refractivity contribution is -0.115. The molecule has 0 saturated heterocycles. The van der Waals surface area contributed by atoms with Gasteiger partial charge in [0.15, 0.2) is 0 Å². The molecule has 1 aliphatic heterocycles. The summed E-state index contributed by atoms with van der Waals surface area (Å²) >= 11 is 0. The van der Waals surface area contributed by atoms with Crippen molar-refractivity contribution in [3.63, 3.8) is 0 Å². The monoisotopic (exact) mass is 240 g/mol. The maximum Gasteiger partial charge on any atom is 0.228 e. The van der Waals surface area contributed by atoms with E-state index in [0.717, 1.165) is 28.2 Å². The lowest BCUT2D eigenvalue weighted by Crippen LogP contribution is -2.03. The topological polar surface area (TPSA) is 80.9 Å². The van der Waals surface area contributed by atoms with E-state index < -0.39 is 0 Å². The lowest BCUT2D eigenvalue weighted by atomic mass is 10.1. The molecule has 0 radical (unpaired) electrons. The summed E-state index contributed by atoms with van der Waals surface area (Å²) in [6, 6.07) is 7.66. The van der Waals surface area contributed by atoms with Crippen LogP contribution < -0.4 is 11.1 Å². The maximum absolute atomic E-state index is 11.3. The zero-order chi connectivity index (χ0) is 12.7. The third kappa shape index (κ3) is 1.79. The van der Waals surface area contributed by atoms with Gasteiger partial charge in [0.1, 0.15) is 0 Å². The molecule has 1 aromatic carbocycles. The molecular formula is C13H12N4O. The van der Waals surface area contributed by atoms with Gasteiger partial charge in [-0.25, -0.2) is 9.97 Å². The van der Waals surface area contributed by atoms with Crippen LogP contribution in [0.4, 0.5) is 11.6 Å². The van der Waals surface area contributed by atoms with Crippen LogP contribution in [0.1, 0.15) is 11.3 Å². The summed E-state index contributed by atoms with van der Waals surface area (Å²) in [5.74, 6) is 0.292. The van der Waals surface area contributed by atoms with Crippen LogP contribution >= 0.6 is 0 Å². The van der Waals surface area contributed by atoms with Crippen molar-refractivity contribution >= 4 is 17.5 Å². The van der Waals surface area contributed by atoms with Crippen molar-refractivity contribution in [2.75, 3.05) is 11.1 Å². The Labute approximate surface area is 104 Å². The molecule has 0 aliphatic carbocycles. The molecule has 1 amide bonds. The summed E-state index contributed by atoms with van der Waals surface area (Å²) in [6.07, 6.45) is 0.419. The number of hydrogen-bond acceptors (Lipinski definition) is 4. The SMILES string of the molecule is Cc1cc(-c2ccc3c(c2)CC(=O)N3)nc(N)n1. The molecule has 0 fully saturated rings. The van der Waals surface area contributed by atoms with E-state index in [0.29, 0.717) is 6.42 Å². The first-order chi connectivity index (χ1) is 8.61. The smallest absolute Gasteiger partial charge is 0.228 e. The minimum atomic E-state index is 0.0283. The van der Waals surface area contributed by atoms with E-state index in [1.807, 2.05) is 31.2 Å². The number of nitrogens with two attached hydrogens (primary N) is 1. The fourth-order valence-electron chi connectivity index (χ4n) is 2.13. The number of carbonyl (C=O) groups excluding carboxylic acids is 1. The van der Waals surface area contributed by atoms with E-state index in [9.17, 15) is 4.79 Å². The molecule has 0 unspecified atom stereocenters. The second kappa shape index (κ2) is 3.80. The molecular weight excluding hydrogens is 228 g/mol. The number of fused-ring (bicyclic) bond motifs is 1. The molecule has 5 nitrogen and oxygen atoms in total. The second-order valence-corrected chi connectivity index (χ2v) is 4.35. The number of amides is 1. The van der Waals surface area contributed by atoms with Crippen molar-refractivity contribution in [2.45, 2.75) is 13.3 Å². The van der Waals surface area contributed by atoms with E-state index in [4.69, 9.17) is 5.73 Å². The molecule has 0 bridgehead atoms. The van der Waals surface area contributed by atoms with Crippen LogP contribution in [0.3, 0.4) is 0 Å². The quantitative estimate of drug-likeness (QED) is 0.792. The summed E-state index contributed by atoms with van der Waals surface area (Å²) in [5.41, 5.74) is 10.1. The Morgan fingerprint density at radius 1 is 1.28 bits per heavy atom. The van der Waals surface area contributed by atoms with Crippen LogP contribution in [0.5, 0.6) is 0 Å². The van der Waals surface area contributed by atoms with E-state index in [2.05, 4.69) is 15.3 Å². The molecule has 2 aromatic rings. The van der Waals surface area contributed by atoms with Crippen LogP contribution in [-0.2, 0) is 11.2 Å². The van der Waals surface area contributed by atoms with Crippen molar-refractivity contribution in [2.24, 2.45) is 0 Å². The molecule has 5 heteroatoms. The highest BCUT2D eigenvalue weighted by atomic mass is 16.1. The summed E-state index contributed by atoms with van der Waals surface area (Å²) in [6.45, 7) is 1.87. The van der Waals surface area contributed by atoms with Crippen molar-refractivity contribution in [3.05, 3.63) is 35.5 Å². The predicted octanol–water partition coefficient (Wildman–Crippen LogP) is 1.53. The van der Waals surface area contributed by atoms with Crippen molar-refractivity contribution in [3.8, 4) is 11.3 Å². The average Bonchev–Trinajstić information content (AvgIpc) is 2.66. The summed E-state index contributed by atoms with van der Waals surface area (Å²) in [7, 11) is 0. The van der Waals surface area contributed by atoms with Crippen molar-refractivity contribution < 1.29 is 4.79 Å². The average molecular weight is 240 g/mol. The number of aromatic nitrogens is 2. The molecule has 0 atom stereocenters. The zero-order valence-electron chi connectivity index (χ0n) is 9.90. The number of rotatable bonds is 1. The Bertz CT molecular complexity index is 631. The highest BCUT2D eigenvalue weighted by Crippen LogP contribution is 2.28. The Morgan fingerprint density at radius 3 is 2.89 bits per heavy atom. The van der Waals surface area contributed by atoms with Gasteiger partial charge < -0.3 is 11.1 Å². The first-order valence-corrected chi connectivity index (χ1v) is 5.66. The number of carbonyl (C=O) groups is 1. The minimum Gasteiger partial charge on any atom is -0.368 e. The van der Waals surface area contributed by atoms with Gasteiger partial charge in [0, 0.05) is 16.9 Å². The van der Waals surface area contributed by atoms with Crippen LogP contribution in [-0.4, -0.2) is 15.9 Å². The third-order valence-electron chi connectivity index (χ3n) is 2.90. The number of nitrogens with one attached hydrogen (secondary N) is 1. The van der Waals surface area contributed by atoms with Gasteiger partial charge in [0.2, 0.25) is 11.9 Å². The fourth-order valence-corrected chi connectivity index (χ4v) is 2.13.